The lowest BCUT2D eigenvalue weighted by Crippen LogP contribution is -2.45. The largest absolute Gasteiger partial charge is 0.394 e. The Balaban J connectivity index is 3.17. The number of benzene rings is 1. The van der Waals surface area contributed by atoms with E-state index in [0.29, 0.717) is 6.54 Å². The van der Waals surface area contributed by atoms with Crippen LogP contribution in [0.3, 0.4) is 0 Å². The van der Waals surface area contributed by atoms with Gasteiger partial charge in [0.2, 0.25) is 0 Å². The second-order valence-corrected chi connectivity index (χ2v) is 5.20. The summed E-state index contributed by atoms with van der Waals surface area (Å²) in [6.45, 7) is 4.80. The van der Waals surface area contributed by atoms with E-state index in [4.69, 9.17) is 11.6 Å². The van der Waals surface area contributed by atoms with Crippen LogP contribution in [0.25, 0.3) is 0 Å². The first-order chi connectivity index (χ1) is 7.94. The van der Waals surface area contributed by atoms with Gasteiger partial charge in [0.1, 0.15) is 0 Å². The number of likely N-dealkylation sites (N-methyl/N-ethyl adjacent to an activating group) is 1. The fourth-order valence-electron chi connectivity index (χ4n) is 1.65. The van der Waals surface area contributed by atoms with E-state index in [0.717, 1.165) is 16.3 Å². The van der Waals surface area contributed by atoms with E-state index in [1.54, 1.807) is 0 Å². The van der Waals surface area contributed by atoms with Crippen molar-refractivity contribution in [1.82, 2.24) is 5.32 Å². The fourth-order valence-corrected chi connectivity index (χ4v) is 1.88. The van der Waals surface area contributed by atoms with Crippen molar-refractivity contribution in [2.24, 2.45) is 0 Å². The molecule has 1 rings (SSSR count). The maximum Gasteiger partial charge on any atom is 0.0658 e. The first kappa shape index (κ1) is 14.3. The summed E-state index contributed by atoms with van der Waals surface area (Å²) < 4.78 is 0. The third kappa shape index (κ3) is 3.12. The maximum absolute atomic E-state index is 9.43. The predicted molar refractivity (Wildman–Crippen MR) is 73.8 cm³/mol. The summed E-state index contributed by atoms with van der Waals surface area (Å²) in [5.74, 6) is 0. The summed E-state index contributed by atoms with van der Waals surface area (Å²) in [6, 6.07) is 5.84. The van der Waals surface area contributed by atoms with Gasteiger partial charge < -0.3 is 15.3 Å². The second-order valence-electron chi connectivity index (χ2n) is 4.80. The molecule has 1 aromatic carbocycles. The van der Waals surface area contributed by atoms with Crippen LogP contribution in [0.15, 0.2) is 18.2 Å². The lowest BCUT2D eigenvalue weighted by atomic mass is 10.0. The van der Waals surface area contributed by atoms with Crippen LogP contribution in [-0.2, 0) is 6.54 Å². The zero-order chi connectivity index (χ0) is 13.1. The molecule has 17 heavy (non-hydrogen) atoms. The fraction of sp³-hybridized carbons (Fsp3) is 0.538. The van der Waals surface area contributed by atoms with E-state index in [1.807, 2.05) is 46.1 Å². The summed E-state index contributed by atoms with van der Waals surface area (Å²) in [7, 11) is 3.87. The lowest BCUT2D eigenvalue weighted by molar-refractivity contribution is 0.216. The van der Waals surface area contributed by atoms with Crippen LogP contribution < -0.4 is 10.2 Å². The van der Waals surface area contributed by atoms with Crippen molar-refractivity contribution < 1.29 is 5.11 Å². The minimum atomic E-state index is -0.312. The predicted octanol–water partition coefficient (Wildman–Crippen LogP) is 2.27. The summed E-state index contributed by atoms with van der Waals surface area (Å²) in [5.41, 5.74) is 1.79. The van der Waals surface area contributed by atoms with E-state index < -0.39 is 0 Å². The number of aliphatic hydroxyl groups excluding tert-OH is 1. The molecular formula is C13H21ClN2O. The molecule has 0 heterocycles. The number of hydrogen-bond acceptors (Lipinski definition) is 3. The highest BCUT2D eigenvalue weighted by Gasteiger charge is 2.24. The van der Waals surface area contributed by atoms with Crippen LogP contribution in [0.5, 0.6) is 0 Å². The van der Waals surface area contributed by atoms with Crippen molar-refractivity contribution in [3.05, 3.63) is 28.8 Å². The third-order valence-corrected chi connectivity index (χ3v) is 3.46. The number of aliphatic hydroxyl groups is 1. The molecule has 0 aromatic heterocycles. The zero-order valence-corrected chi connectivity index (χ0v) is 11.7. The normalized spacial score (nSPS) is 11.6. The molecule has 0 amide bonds. The molecule has 96 valence electrons. The van der Waals surface area contributed by atoms with Crippen LogP contribution in [0.1, 0.15) is 19.4 Å². The lowest BCUT2D eigenvalue weighted by Gasteiger charge is -2.37. The van der Waals surface area contributed by atoms with Crippen molar-refractivity contribution in [3.8, 4) is 0 Å². The van der Waals surface area contributed by atoms with E-state index in [-0.39, 0.29) is 12.1 Å². The Kier molecular flexibility index (Phi) is 4.80. The number of hydrogen-bond donors (Lipinski definition) is 2. The number of nitrogens with zero attached hydrogens (tertiary/aromatic N) is 1. The minimum Gasteiger partial charge on any atom is -0.394 e. The van der Waals surface area contributed by atoms with Crippen molar-refractivity contribution in [3.63, 3.8) is 0 Å². The van der Waals surface area contributed by atoms with Gasteiger partial charge in [0.15, 0.2) is 0 Å². The molecule has 0 saturated carbocycles. The summed E-state index contributed by atoms with van der Waals surface area (Å²) in [6.07, 6.45) is 0. The molecule has 4 heteroatoms. The van der Waals surface area contributed by atoms with Gasteiger partial charge in [0, 0.05) is 29.9 Å². The standard InChI is InChI=1S/C13H21ClN2O/c1-13(2,9-17)16(4)12-7-5-6-11(14)10(12)8-15-3/h5-7,15,17H,8-9H2,1-4H3. The molecule has 0 fully saturated rings. The van der Waals surface area contributed by atoms with Gasteiger partial charge >= 0.3 is 0 Å². The van der Waals surface area contributed by atoms with E-state index in [2.05, 4.69) is 10.2 Å². The van der Waals surface area contributed by atoms with Gasteiger partial charge in [-0.2, -0.15) is 0 Å². The Bertz CT molecular complexity index is 380. The smallest absolute Gasteiger partial charge is 0.0658 e. The first-order valence-electron chi connectivity index (χ1n) is 5.70. The summed E-state index contributed by atoms with van der Waals surface area (Å²) in [5, 5.41) is 13.3. The molecule has 0 aliphatic heterocycles. The highest BCUT2D eigenvalue weighted by Crippen LogP contribution is 2.30. The average molecular weight is 257 g/mol. The van der Waals surface area contributed by atoms with E-state index >= 15 is 0 Å². The molecule has 2 N–H and O–H groups in total. The van der Waals surface area contributed by atoms with Crippen LogP contribution >= 0.6 is 11.6 Å². The number of nitrogens with one attached hydrogen (secondary N) is 1. The van der Waals surface area contributed by atoms with Gasteiger partial charge in [0.05, 0.1) is 12.1 Å². The first-order valence-corrected chi connectivity index (χ1v) is 6.08. The number of rotatable bonds is 5. The van der Waals surface area contributed by atoms with Gasteiger partial charge in [-0.1, -0.05) is 17.7 Å². The monoisotopic (exact) mass is 256 g/mol. The molecule has 0 aliphatic rings. The van der Waals surface area contributed by atoms with Crippen LogP contribution in [0.4, 0.5) is 5.69 Å². The van der Waals surface area contributed by atoms with Gasteiger partial charge in [-0.25, -0.2) is 0 Å². The van der Waals surface area contributed by atoms with Crippen molar-refractivity contribution in [2.45, 2.75) is 25.9 Å². The Morgan fingerprint density at radius 3 is 2.59 bits per heavy atom. The van der Waals surface area contributed by atoms with Crippen molar-refractivity contribution in [2.75, 3.05) is 25.6 Å². The molecule has 0 radical (unpaired) electrons. The third-order valence-electron chi connectivity index (χ3n) is 3.10. The van der Waals surface area contributed by atoms with E-state index in [1.165, 1.54) is 0 Å². The molecule has 0 saturated heterocycles. The molecular weight excluding hydrogens is 236 g/mol. The molecule has 1 aromatic rings. The summed E-state index contributed by atoms with van der Waals surface area (Å²) >= 11 is 6.22. The number of anilines is 1. The Morgan fingerprint density at radius 1 is 1.41 bits per heavy atom. The molecule has 0 unspecified atom stereocenters. The molecule has 0 aliphatic carbocycles. The number of halogens is 1. The van der Waals surface area contributed by atoms with Gasteiger partial charge in [-0.3, -0.25) is 0 Å². The van der Waals surface area contributed by atoms with Gasteiger partial charge in [-0.15, -0.1) is 0 Å². The van der Waals surface area contributed by atoms with Crippen LogP contribution in [0.2, 0.25) is 5.02 Å². The Labute approximate surface area is 108 Å². The molecule has 0 spiro atoms. The van der Waals surface area contributed by atoms with E-state index in [9.17, 15) is 5.11 Å². The molecule has 0 atom stereocenters. The zero-order valence-electron chi connectivity index (χ0n) is 10.9. The Hall–Kier alpha value is -0.770. The molecule has 0 bridgehead atoms. The van der Waals surface area contributed by atoms with Crippen molar-refractivity contribution >= 4 is 17.3 Å². The topological polar surface area (TPSA) is 35.5 Å². The quantitative estimate of drug-likeness (QED) is 0.849. The van der Waals surface area contributed by atoms with Crippen molar-refractivity contribution in [1.29, 1.82) is 0 Å². The average Bonchev–Trinajstić information content (AvgIpc) is 2.31. The van der Waals surface area contributed by atoms with Gasteiger partial charge in [0.25, 0.3) is 0 Å². The SMILES string of the molecule is CNCc1c(Cl)cccc1N(C)C(C)(C)CO. The second kappa shape index (κ2) is 5.71. The molecule has 3 nitrogen and oxygen atoms in total. The Morgan fingerprint density at radius 2 is 2.06 bits per heavy atom. The minimum absolute atomic E-state index is 0.0923. The van der Waals surface area contributed by atoms with Crippen LogP contribution in [-0.4, -0.2) is 31.3 Å². The highest BCUT2D eigenvalue weighted by atomic mass is 35.5. The van der Waals surface area contributed by atoms with Gasteiger partial charge in [-0.05, 0) is 33.0 Å². The summed E-state index contributed by atoms with van der Waals surface area (Å²) in [4.78, 5) is 2.06. The maximum atomic E-state index is 9.43. The highest BCUT2D eigenvalue weighted by molar-refractivity contribution is 6.31. The van der Waals surface area contributed by atoms with Crippen LogP contribution in [0, 0.1) is 0 Å².